The average Bonchev–Trinajstić information content (AvgIpc) is 2.98. The first kappa shape index (κ1) is 19.0. The molecule has 0 bridgehead atoms. The Morgan fingerprint density at radius 1 is 1.21 bits per heavy atom. The lowest BCUT2D eigenvalue weighted by Crippen LogP contribution is -2.38. The van der Waals surface area contributed by atoms with Crippen LogP contribution in [0.15, 0.2) is 30.5 Å². The van der Waals surface area contributed by atoms with E-state index in [9.17, 15) is 18.3 Å². The molecule has 2 N–H and O–H groups in total. The van der Waals surface area contributed by atoms with Gasteiger partial charge in [-0.1, -0.05) is 0 Å². The highest BCUT2D eigenvalue weighted by molar-refractivity contribution is 6.09. The maximum atomic E-state index is 13.6. The first-order valence-corrected chi connectivity index (χ1v) is 9.44. The number of aromatic nitrogens is 2. The molecule has 0 amide bonds. The summed E-state index contributed by atoms with van der Waals surface area (Å²) in [6, 6.07) is 6.27. The van der Waals surface area contributed by atoms with Crippen molar-refractivity contribution >= 4 is 21.8 Å². The molecule has 0 spiro atoms. The van der Waals surface area contributed by atoms with E-state index in [0.29, 0.717) is 35.9 Å². The van der Waals surface area contributed by atoms with Crippen LogP contribution in [0.2, 0.25) is 0 Å². The molecule has 1 atom stereocenters. The first-order valence-electron chi connectivity index (χ1n) is 9.44. The fraction of sp³-hybridized carbons (Fsp3) is 0.450. The number of morpholine rings is 1. The maximum Gasteiger partial charge on any atom is 0.435 e. The molecule has 0 saturated carbocycles. The molecule has 4 rings (SSSR count). The third kappa shape index (κ3) is 3.66. The van der Waals surface area contributed by atoms with Gasteiger partial charge in [-0.05, 0) is 37.5 Å². The van der Waals surface area contributed by atoms with Crippen molar-refractivity contribution in [1.82, 2.24) is 14.9 Å². The smallest absolute Gasteiger partial charge is 0.435 e. The molecule has 5 nitrogen and oxygen atoms in total. The van der Waals surface area contributed by atoms with E-state index < -0.39 is 11.9 Å². The Bertz CT molecular complexity index is 978. The van der Waals surface area contributed by atoms with Gasteiger partial charge in [0.05, 0.1) is 23.7 Å². The third-order valence-corrected chi connectivity index (χ3v) is 5.19. The maximum absolute atomic E-state index is 13.6. The number of fused-ring (bicyclic) bond motifs is 3. The summed E-state index contributed by atoms with van der Waals surface area (Å²) >= 11 is 0. The van der Waals surface area contributed by atoms with Gasteiger partial charge in [0.1, 0.15) is 5.75 Å². The first-order chi connectivity index (χ1) is 13.4. The van der Waals surface area contributed by atoms with E-state index in [1.54, 1.807) is 16.7 Å². The van der Waals surface area contributed by atoms with Crippen molar-refractivity contribution in [2.75, 3.05) is 19.7 Å². The van der Waals surface area contributed by atoms with Crippen molar-refractivity contribution in [2.45, 2.75) is 38.1 Å². The summed E-state index contributed by atoms with van der Waals surface area (Å²) < 4.78 is 48.1. The lowest BCUT2D eigenvalue weighted by molar-refractivity contribution is -0.140. The van der Waals surface area contributed by atoms with Crippen LogP contribution in [0.25, 0.3) is 21.8 Å². The summed E-state index contributed by atoms with van der Waals surface area (Å²) in [5.41, 5.74) is -0.226. The van der Waals surface area contributed by atoms with Crippen LogP contribution in [0.3, 0.4) is 0 Å². The molecule has 150 valence electrons. The number of phenolic OH excluding ortho intramolecular Hbond substituents is 1. The van der Waals surface area contributed by atoms with Crippen molar-refractivity contribution in [2.24, 2.45) is 0 Å². The van der Waals surface area contributed by atoms with E-state index in [1.165, 1.54) is 18.3 Å². The van der Waals surface area contributed by atoms with E-state index in [4.69, 9.17) is 4.74 Å². The zero-order valence-electron chi connectivity index (χ0n) is 15.3. The molecular weight excluding hydrogens is 371 g/mol. The van der Waals surface area contributed by atoms with E-state index in [0.717, 1.165) is 25.9 Å². The number of unbranched alkanes of at least 4 members (excludes halogenated alkanes) is 1. The number of ether oxygens (including phenoxy) is 1. The molecule has 0 aliphatic carbocycles. The summed E-state index contributed by atoms with van der Waals surface area (Å²) in [5.74, 6) is 0.0275. The summed E-state index contributed by atoms with van der Waals surface area (Å²) in [6.45, 7) is 2.77. The Hall–Kier alpha value is -2.32. The second-order valence-electron chi connectivity index (χ2n) is 7.10. The largest absolute Gasteiger partial charge is 0.508 e. The molecule has 0 radical (unpaired) electrons. The van der Waals surface area contributed by atoms with Crippen molar-refractivity contribution in [3.8, 4) is 5.75 Å². The van der Waals surface area contributed by atoms with Crippen LogP contribution in [0.1, 0.15) is 25.0 Å². The normalized spacial score (nSPS) is 18.2. The molecule has 1 aromatic carbocycles. The topological polar surface area (TPSA) is 59.3 Å². The quantitative estimate of drug-likeness (QED) is 0.642. The number of benzene rings is 1. The molecule has 1 fully saturated rings. The van der Waals surface area contributed by atoms with Crippen molar-refractivity contribution in [1.29, 1.82) is 0 Å². The predicted octanol–water partition coefficient (Wildman–Crippen LogP) is 4.07. The van der Waals surface area contributed by atoms with Gasteiger partial charge < -0.3 is 19.7 Å². The zero-order valence-corrected chi connectivity index (χ0v) is 15.3. The number of hydrogen-bond donors (Lipinski definition) is 2. The second kappa shape index (κ2) is 7.60. The number of halogens is 3. The molecule has 3 heterocycles. The van der Waals surface area contributed by atoms with E-state index >= 15 is 0 Å². The van der Waals surface area contributed by atoms with Gasteiger partial charge in [-0.15, -0.1) is 0 Å². The molecule has 1 saturated heterocycles. The van der Waals surface area contributed by atoms with Gasteiger partial charge >= 0.3 is 6.18 Å². The molecule has 2 aromatic heterocycles. The number of pyridine rings is 1. The standard InChI is InChI=1S/C20H22F3N3O2/c21-20(22,23)19-18-16(6-7-25-19)15-5-4-13(27)11-17(15)26(18)9-2-1-3-14-12-24-8-10-28-14/h4-7,11,14,24,27H,1-3,8-10,12H2. The minimum atomic E-state index is -4.55. The molecular formula is C20H22F3N3O2. The second-order valence-corrected chi connectivity index (χ2v) is 7.10. The Morgan fingerprint density at radius 2 is 2.07 bits per heavy atom. The number of nitrogens with zero attached hydrogens (tertiary/aromatic N) is 2. The monoisotopic (exact) mass is 393 g/mol. The van der Waals surface area contributed by atoms with Crippen molar-refractivity contribution in [3.05, 3.63) is 36.2 Å². The lowest BCUT2D eigenvalue weighted by atomic mass is 10.1. The number of rotatable bonds is 5. The summed E-state index contributed by atoms with van der Waals surface area (Å²) in [5, 5.41) is 14.3. The minimum absolute atomic E-state index is 0.0275. The highest BCUT2D eigenvalue weighted by Gasteiger charge is 2.36. The van der Waals surface area contributed by atoms with Gasteiger partial charge in [0, 0.05) is 42.7 Å². The average molecular weight is 393 g/mol. The van der Waals surface area contributed by atoms with Crippen LogP contribution in [0.4, 0.5) is 13.2 Å². The lowest BCUT2D eigenvalue weighted by Gasteiger charge is -2.23. The summed E-state index contributed by atoms with van der Waals surface area (Å²) in [7, 11) is 0. The Kier molecular flexibility index (Phi) is 5.16. The number of aryl methyl sites for hydroxylation is 1. The van der Waals surface area contributed by atoms with Crippen LogP contribution in [0, 0.1) is 0 Å². The van der Waals surface area contributed by atoms with Crippen molar-refractivity contribution in [3.63, 3.8) is 0 Å². The summed E-state index contributed by atoms with van der Waals surface area (Å²) in [4.78, 5) is 3.62. The highest BCUT2D eigenvalue weighted by atomic mass is 19.4. The molecule has 1 unspecified atom stereocenters. The summed E-state index contributed by atoms with van der Waals surface area (Å²) in [6.07, 6.45) is -0.790. The highest BCUT2D eigenvalue weighted by Crippen LogP contribution is 2.38. The van der Waals surface area contributed by atoms with Gasteiger partial charge in [0.15, 0.2) is 5.69 Å². The zero-order chi connectivity index (χ0) is 19.7. The Balaban J connectivity index is 1.67. The Labute approximate surface area is 160 Å². The van der Waals surface area contributed by atoms with Gasteiger partial charge in [0.2, 0.25) is 0 Å². The SMILES string of the molecule is Oc1ccc2c3ccnc(C(F)(F)F)c3n(CCCCC3CNCCO3)c2c1. The molecule has 3 aromatic rings. The van der Waals surface area contributed by atoms with E-state index in [2.05, 4.69) is 10.3 Å². The Morgan fingerprint density at radius 3 is 2.82 bits per heavy atom. The third-order valence-electron chi connectivity index (χ3n) is 5.19. The van der Waals surface area contributed by atoms with Crippen LogP contribution in [-0.2, 0) is 17.5 Å². The van der Waals surface area contributed by atoms with Gasteiger partial charge in [-0.3, -0.25) is 0 Å². The van der Waals surface area contributed by atoms with Gasteiger partial charge in [-0.25, -0.2) is 4.98 Å². The predicted molar refractivity (Wildman–Crippen MR) is 100 cm³/mol. The molecule has 1 aliphatic heterocycles. The van der Waals surface area contributed by atoms with Crippen LogP contribution >= 0.6 is 0 Å². The molecule has 28 heavy (non-hydrogen) atoms. The van der Waals surface area contributed by atoms with Gasteiger partial charge in [0.25, 0.3) is 0 Å². The number of alkyl halides is 3. The fourth-order valence-electron chi connectivity index (χ4n) is 3.92. The number of hydrogen-bond acceptors (Lipinski definition) is 4. The van der Waals surface area contributed by atoms with Crippen LogP contribution < -0.4 is 5.32 Å². The molecule has 8 heteroatoms. The van der Waals surface area contributed by atoms with E-state index in [-0.39, 0.29) is 17.4 Å². The van der Waals surface area contributed by atoms with Crippen LogP contribution in [0.5, 0.6) is 5.75 Å². The van der Waals surface area contributed by atoms with Crippen LogP contribution in [-0.4, -0.2) is 40.5 Å². The van der Waals surface area contributed by atoms with E-state index in [1.807, 2.05) is 0 Å². The number of phenols is 1. The van der Waals surface area contributed by atoms with Gasteiger partial charge in [-0.2, -0.15) is 13.2 Å². The molecule has 1 aliphatic rings. The number of aromatic hydroxyl groups is 1. The fourth-order valence-corrected chi connectivity index (χ4v) is 3.92. The number of nitrogens with one attached hydrogen (secondary N) is 1. The van der Waals surface area contributed by atoms with Crippen molar-refractivity contribution < 1.29 is 23.0 Å². The minimum Gasteiger partial charge on any atom is -0.508 e.